The molecular formula is C13H18N2O. The third-order valence-corrected chi connectivity index (χ3v) is 2.70. The van der Waals surface area contributed by atoms with Gasteiger partial charge in [0.25, 0.3) is 0 Å². The molecule has 1 atom stereocenters. The van der Waals surface area contributed by atoms with E-state index in [-0.39, 0.29) is 6.04 Å². The van der Waals surface area contributed by atoms with E-state index < -0.39 is 0 Å². The van der Waals surface area contributed by atoms with Gasteiger partial charge in [-0.2, -0.15) is 0 Å². The molecule has 0 bridgehead atoms. The van der Waals surface area contributed by atoms with Gasteiger partial charge in [-0.1, -0.05) is 25.1 Å². The van der Waals surface area contributed by atoms with Crippen LogP contribution in [0.15, 0.2) is 22.7 Å². The van der Waals surface area contributed by atoms with Crippen LogP contribution < -0.4 is 5.73 Å². The molecule has 0 amide bonds. The summed E-state index contributed by atoms with van der Waals surface area (Å²) in [4.78, 5) is 0. The summed E-state index contributed by atoms with van der Waals surface area (Å²) in [6, 6.07) is 6.15. The van der Waals surface area contributed by atoms with Crippen molar-refractivity contribution in [3.05, 3.63) is 29.5 Å². The Morgan fingerprint density at radius 1 is 1.31 bits per heavy atom. The first-order valence-electron chi connectivity index (χ1n) is 5.71. The normalized spacial score (nSPS) is 13.6. The minimum atomic E-state index is 0.0367. The van der Waals surface area contributed by atoms with Crippen molar-refractivity contribution < 1.29 is 4.52 Å². The van der Waals surface area contributed by atoms with Crippen LogP contribution in [0.1, 0.15) is 38.1 Å². The van der Waals surface area contributed by atoms with Gasteiger partial charge in [-0.05, 0) is 30.5 Å². The predicted octanol–water partition coefficient (Wildman–Crippen LogP) is 3.05. The Morgan fingerprint density at radius 2 is 2.06 bits per heavy atom. The maximum absolute atomic E-state index is 5.83. The first-order valence-corrected chi connectivity index (χ1v) is 5.71. The van der Waals surface area contributed by atoms with E-state index in [2.05, 4.69) is 25.1 Å². The first-order chi connectivity index (χ1) is 7.58. The van der Waals surface area contributed by atoms with Crippen LogP contribution in [0.5, 0.6) is 0 Å². The molecule has 0 aliphatic rings. The molecule has 0 saturated carbocycles. The first kappa shape index (κ1) is 11.1. The topological polar surface area (TPSA) is 52.0 Å². The van der Waals surface area contributed by atoms with Crippen molar-refractivity contribution in [1.82, 2.24) is 5.16 Å². The van der Waals surface area contributed by atoms with Crippen molar-refractivity contribution in [2.24, 2.45) is 11.7 Å². The Balaban J connectivity index is 2.42. The highest BCUT2D eigenvalue weighted by Crippen LogP contribution is 2.23. The maximum atomic E-state index is 5.83. The number of benzene rings is 1. The summed E-state index contributed by atoms with van der Waals surface area (Å²) >= 11 is 0. The summed E-state index contributed by atoms with van der Waals surface area (Å²) in [5.74, 6) is 1.55. The Hall–Kier alpha value is -1.35. The van der Waals surface area contributed by atoms with Crippen molar-refractivity contribution in [3.8, 4) is 0 Å². The second-order valence-electron chi connectivity index (χ2n) is 4.77. The zero-order valence-corrected chi connectivity index (χ0v) is 10.0. The molecule has 0 aliphatic carbocycles. The Kier molecular flexibility index (Phi) is 2.97. The summed E-state index contributed by atoms with van der Waals surface area (Å²) in [7, 11) is 0. The van der Waals surface area contributed by atoms with Crippen LogP contribution in [-0.4, -0.2) is 5.16 Å². The molecular weight excluding hydrogens is 200 g/mol. The van der Waals surface area contributed by atoms with Crippen LogP contribution in [0.2, 0.25) is 0 Å². The number of fused-ring (bicyclic) bond motifs is 1. The molecule has 0 fully saturated rings. The molecule has 86 valence electrons. The van der Waals surface area contributed by atoms with Crippen molar-refractivity contribution in [2.75, 3.05) is 0 Å². The summed E-state index contributed by atoms with van der Waals surface area (Å²) < 4.78 is 5.37. The van der Waals surface area contributed by atoms with Gasteiger partial charge in [-0.15, -0.1) is 0 Å². The van der Waals surface area contributed by atoms with Gasteiger partial charge >= 0.3 is 0 Å². The smallest absolute Gasteiger partial charge is 0.144 e. The van der Waals surface area contributed by atoms with Crippen LogP contribution in [0.3, 0.4) is 0 Å². The van der Waals surface area contributed by atoms with Gasteiger partial charge in [-0.3, -0.25) is 0 Å². The molecule has 0 aliphatic heterocycles. The average Bonchev–Trinajstić information content (AvgIpc) is 2.60. The van der Waals surface area contributed by atoms with Crippen molar-refractivity contribution >= 4 is 10.9 Å². The summed E-state index contributed by atoms with van der Waals surface area (Å²) in [5, 5.41) is 5.19. The lowest BCUT2D eigenvalue weighted by Crippen LogP contribution is -2.04. The third kappa shape index (κ3) is 2.09. The van der Waals surface area contributed by atoms with Crippen molar-refractivity contribution in [3.63, 3.8) is 0 Å². The van der Waals surface area contributed by atoms with Gasteiger partial charge in [0.2, 0.25) is 0 Å². The lowest BCUT2D eigenvalue weighted by atomic mass is 10.0. The van der Waals surface area contributed by atoms with Gasteiger partial charge < -0.3 is 10.3 Å². The molecule has 1 aromatic heterocycles. The second-order valence-corrected chi connectivity index (χ2v) is 4.77. The van der Waals surface area contributed by atoms with E-state index in [1.807, 2.05) is 19.1 Å². The number of hydrogen-bond donors (Lipinski definition) is 1. The van der Waals surface area contributed by atoms with E-state index >= 15 is 0 Å². The monoisotopic (exact) mass is 218 g/mol. The fourth-order valence-electron chi connectivity index (χ4n) is 1.81. The van der Waals surface area contributed by atoms with E-state index in [0.717, 1.165) is 28.6 Å². The molecule has 16 heavy (non-hydrogen) atoms. The highest BCUT2D eigenvalue weighted by molar-refractivity contribution is 5.81. The minimum Gasteiger partial charge on any atom is -0.360 e. The van der Waals surface area contributed by atoms with E-state index in [1.165, 1.54) is 0 Å². The Labute approximate surface area is 95.6 Å². The van der Waals surface area contributed by atoms with E-state index in [0.29, 0.717) is 5.92 Å². The van der Waals surface area contributed by atoms with Gasteiger partial charge in [0.15, 0.2) is 0 Å². The quantitative estimate of drug-likeness (QED) is 0.861. The minimum absolute atomic E-state index is 0.0367. The van der Waals surface area contributed by atoms with Crippen molar-refractivity contribution in [1.29, 1.82) is 0 Å². The van der Waals surface area contributed by atoms with Crippen LogP contribution in [0.4, 0.5) is 0 Å². The van der Waals surface area contributed by atoms with E-state index in [4.69, 9.17) is 10.3 Å². The summed E-state index contributed by atoms with van der Waals surface area (Å²) in [5.41, 5.74) is 7.84. The van der Waals surface area contributed by atoms with E-state index in [1.54, 1.807) is 0 Å². The zero-order chi connectivity index (χ0) is 11.7. The third-order valence-electron chi connectivity index (χ3n) is 2.70. The number of aromatic nitrogens is 1. The molecule has 2 N–H and O–H groups in total. The maximum Gasteiger partial charge on any atom is 0.144 e. The fraction of sp³-hybridized carbons (Fsp3) is 0.462. The van der Waals surface area contributed by atoms with Crippen LogP contribution >= 0.6 is 0 Å². The molecule has 1 aromatic carbocycles. The molecule has 3 nitrogen and oxygen atoms in total. The Morgan fingerprint density at radius 3 is 2.69 bits per heavy atom. The fourth-order valence-corrected chi connectivity index (χ4v) is 1.81. The summed E-state index contributed by atoms with van der Waals surface area (Å²) in [6.45, 7) is 6.31. The number of nitrogens with two attached hydrogens (primary N) is 1. The van der Waals surface area contributed by atoms with Crippen LogP contribution in [0, 0.1) is 5.92 Å². The molecule has 0 radical (unpaired) electrons. The van der Waals surface area contributed by atoms with Crippen LogP contribution in [0.25, 0.3) is 10.9 Å². The molecule has 1 heterocycles. The lowest BCUT2D eigenvalue weighted by molar-refractivity contribution is 0.376. The average molecular weight is 218 g/mol. The molecule has 3 heteroatoms. The van der Waals surface area contributed by atoms with Crippen molar-refractivity contribution in [2.45, 2.75) is 33.2 Å². The van der Waals surface area contributed by atoms with Gasteiger partial charge in [-0.25, -0.2) is 0 Å². The molecule has 1 unspecified atom stereocenters. The van der Waals surface area contributed by atoms with Gasteiger partial charge in [0, 0.05) is 17.8 Å². The predicted molar refractivity (Wildman–Crippen MR) is 65.2 cm³/mol. The SMILES string of the molecule is CC(C)Cc1onc2cc(C(C)N)ccc12. The molecule has 0 saturated heterocycles. The highest BCUT2D eigenvalue weighted by atomic mass is 16.5. The second kappa shape index (κ2) is 4.26. The molecule has 2 aromatic rings. The molecule has 2 rings (SSSR count). The lowest BCUT2D eigenvalue weighted by Gasteiger charge is -2.04. The zero-order valence-electron chi connectivity index (χ0n) is 10.0. The molecule has 0 spiro atoms. The number of nitrogens with zero attached hydrogens (tertiary/aromatic N) is 1. The standard InChI is InChI=1S/C13H18N2O/c1-8(2)6-13-11-5-4-10(9(3)14)7-12(11)15-16-13/h4-5,7-9H,6,14H2,1-3H3. The van der Waals surface area contributed by atoms with Gasteiger partial charge in [0.1, 0.15) is 11.3 Å². The number of rotatable bonds is 3. The highest BCUT2D eigenvalue weighted by Gasteiger charge is 2.11. The van der Waals surface area contributed by atoms with Gasteiger partial charge in [0.05, 0.1) is 0 Å². The summed E-state index contributed by atoms with van der Waals surface area (Å²) in [6.07, 6.45) is 0.925. The number of hydrogen-bond acceptors (Lipinski definition) is 3. The largest absolute Gasteiger partial charge is 0.360 e. The Bertz CT molecular complexity index is 486. The van der Waals surface area contributed by atoms with Crippen LogP contribution in [-0.2, 0) is 6.42 Å². The van der Waals surface area contributed by atoms with E-state index in [9.17, 15) is 0 Å².